The zero-order valence-electron chi connectivity index (χ0n) is 40.8. The molecule has 0 N–H and O–H groups in total. The van der Waals surface area contributed by atoms with Crippen molar-refractivity contribution in [2.24, 2.45) is 0 Å². The van der Waals surface area contributed by atoms with E-state index in [-0.39, 0.29) is 0 Å². The van der Waals surface area contributed by atoms with Crippen molar-refractivity contribution < 1.29 is 18.9 Å². The molecule has 0 saturated carbocycles. The molecule has 4 nitrogen and oxygen atoms in total. The summed E-state index contributed by atoms with van der Waals surface area (Å²) in [5.41, 5.74) is 2.20. The third kappa shape index (κ3) is 11.7. The van der Waals surface area contributed by atoms with E-state index in [2.05, 4.69) is 153 Å². The monoisotopic (exact) mass is 1120 g/mol. The Balaban J connectivity index is 0.836. The second kappa shape index (κ2) is 25.1. The minimum Gasteiger partial charge on any atom is -0.494 e. The number of unbranched alkanes of at least 4 members (excludes halogenated alkanes) is 6. The van der Waals surface area contributed by atoms with Crippen LogP contribution in [-0.4, -0.2) is 13.2 Å². The molecule has 0 saturated heterocycles. The van der Waals surface area contributed by atoms with Crippen molar-refractivity contribution in [2.45, 2.75) is 64.6 Å². The fourth-order valence-electron chi connectivity index (χ4n) is 9.49. The van der Waals surface area contributed by atoms with Crippen LogP contribution in [0.4, 0.5) is 0 Å². The lowest BCUT2D eigenvalue weighted by atomic mass is 9.98. The topological polar surface area (TPSA) is 36.9 Å². The molecule has 0 radical (unpaired) electrons. The largest absolute Gasteiger partial charge is 0.494 e. The molecule has 0 unspecified atom stereocenters. The van der Waals surface area contributed by atoms with Crippen LogP contribution in [0.1, 0.15) is 62.5 Å². The number of ether oxygens (including phenoxy) is 4. The van der Waals surface area contributed by atoms with E-state index in [1.807, 2.05) is 12.2 Å². The lowest BCUT2D eigenvalue weighted by Gasteiger charge is -2.15. The predicted molar refractivity (Wildman–Crippen MR) is 336 cm³/mol. The Morgan fingerprint density at radius 1 is 0.311 bits per heavy atom. The standard InChI is InChI=1S/C62H54O4S8/c1-3-5-7-9-11-25-63-43-17-21-47-51(35-43)55(59-67-27-28-68-59)49-23-19-45(37-53(49)57(47)61-71-31-32-72-61)65-39-41-13-15-42(16-14-41)40-66-46-20-24-50-54(38-46)58(62-73-33-34-74-62)48-22-18-44(64-26-12-10-8-6-4-2)36-52(48)56(50)60-69-29-30-70-60/h3-4,13-24,27-38H,1-2,5-12,25-26,39-40H2. The summed E-state index contributed by atoms with van der Waals surface area (Å²) in [6.45, 7) is 10.0. The van der Waals surface area contributed by atoms with Gasteiger partial charge in [-0.15, -0.1) is 13.2 Å². The highest BCUT2D eigenvalue weighted by molar-refractivity contribution is 8.36. The van der Waals surface area contributed by atoms with Crippen molar-refractivity contribution in [1.82, 2.24) is 0 Å². The number of allylic oxidation sites excluding steroid dienone is 2. The van der Waals surface area contributed by atoms with E-state index in [9.17, 15) is 0 Å². The first-order valence-electron chi connectivity index (χ1n) is 24.9. The molecule has 374 valence electrons. The van der Waals surface area contributed by atoms with E-state index in [4.69, 9.17) is 18.9 Å². The molecular formula is C62H54O4S8. The number of hydrogen-bond donors (Lipinski definition) is 0. The van der Waals surface area contributed by atoms with Gasteiger partial charge in [0.2, 0.25) is 0 Å². The maximum absolute atomic E-state index is 6.62. The number of fused-ring (bicyclic) bond motifs is 4. The smallest absolute Gasteiger partial charge is 0.120 e. The van der Waals surface area contributed by atoms with Crippen LogP contribution in [-0.2, 0) is 13.2 Å². The summed E-state index contributed by atoms with van der Waals surface area (Å²) in [5, 5.41) is 32.2. The Morgan fingerprint density at radius 3 is 0.878 bits per heavy atom. The summed E-state index contributed by atoms with van der Waals surface area (Å²) in [5.74, 6) is 3.52. The third-order valence-electron chi connectivity index (χ3n) is 13.0. The van der Waals surface area contributed by atoms with Gasteiger partial charge in [-0.1, -0.05) is 131 Å². The van der Waals surface area contributed by atoms with E-state index in [1.54, 1.807) is 94.1 Å². The van der Waals surface area contributed by atoms with Crippen LogP contribution < -0.4 is 39.8 Å². The Bertz CT molecular complexity index is 3410. The molecule has 0 amide bonds. The molecule has 0 aliphatic carbocycles. The van der Waals surface area contributed by atoms with Gasteiger partial charge >= 0.3 is 0 Å². The van der Waals surface area contributed by atoms with Gasteiger partial charge in [0.1, 0.15) is 36.2 Å². The van der Waals surface area contributed by atoms with Crippen molar-refractivity contribution in [3.8, 4) is 23.0 Å². The lowest BCUT2D eigenvalue weighted by molar-refractivity contribution is 0.303. The van der Waals surface area contributed by atoms with E-state index in [0.717, 1.165) is 85.5 Å². The maximum atomic E-state index is 6.62. The minimum absolute atomic E-state index is 0.452. The van der Waals surface area contributed by atoms with Gasteiger partial charge in [0, 0.05) is 20.9 Å². The van der Waals surface area contributed by atoms with Crippen molar-refractivity contribution >= 4 is 154 Å². The Hall–Kier alpha value is -4.50. The molecule has 4 aliphatic heterocycles. The molecule has 12 heteroatoms. The summed E-state index contributed by atoms with van der Waals surface area (Å²) < 4.78 is 31.1. The van der Waals surface area contributed by atoms with Crippen molar-refractivity contribution in [3.05, 3.63) is 198 Å². The zero-order chi connectivity index (χ0) is 50.1. The number of thioether (sulfide) groups is 8. The molecular weight excluding hydrogens is 1070 g/mol. The zero-order valence-corrected chi connectivity index (χ0v) is 47.3. The van der Waals surface area contributed by atoms with E-state index < -0.39 is 0 Å². The average molecular weight is 1120 g/mol. The fraction of sp³-hybridized carbons (Fsp3) is 0.194. The van der Waals surface area contributed by atoms with Gasteiger partial charge in [-0.05, 0) is 222 Å². The second-order valence-electron chi connectivity index (χ2n) is 17.9. The maximum Gasteiger partial charge on any atom is 0.120 e. The van der Waals surface area contributed by atoms with Gasteiger partial charge in [0.25, 0.3) is 0 Å². The highest BCUT2D eigenvalue weighted by atomic mass is 32.2. The molecule has 0 bridgehead atoms. The molecule has 0 aromatic heterocycles. The van der Waals surface area contributed by atoms with Crippen LogP contribution >= 0.6 is 94.1 Å². The van der Waals surface area contributed by atoms with E-state index in [0.29, 0.717) is 26.4 Å². The average Bonchev–Trinajstić information content (AvgIpc) is 4.33. The molecule has 4 heterocycles. The fourth-order valence-corrected chi connectivity index (χ4v) is 17.2. The van der Waals surface area contributed by atoms with Crippen molar-refractivity contribution in [3.63, 3.8) is 0 Å². The van der Waals surface area contributed by atoms with Crippen LogP contribution in [0.3, 0.4) is 0 Å². The predicted octanol–water partition coefficient (Wildman–Crippen LogP) is 17.8. The molecule has 7 aromatic carbocycles. The summed E-state index contributed by atoms with van der Waals surface area (Å²) in [6.07, 6.45) is 12.7. The minimum atomic E-state index is 0.452. The lowest BCUT2D eigenvalue weighted by Crippen LogP contribution is -2.17. The van der Waals surface area contributed by atoms with Gasteiger partial charge in [-0.25, -0.2) is 0 Å². The molecule has 7 aromatic rings. The molecule has 74 heavy (non-hydrogen) atoms. The van der Waals surface area contributed by atoms with Crippen LogP contribution in [0.15, 0.2) is 166 Å². The van der Waals surface area contributed by atoms with Crippen LogP contribution in [0, 0.1) is 0 Å². The molecule has 0 atom stereocenters. The quantitative estimate of drug-likeness (QED) is 0.0415. The third-order valence-corrected chi connectivity index (χ3v) is 21.6. The summed E-state index contributed by atoms with van der Waals surface area (Å²) >= 11 is 14.3. The Labute approximate surface area is 467 Å². The Morgan fingerprint density at radius 2 is 0.595 bits per heavy atom. The summed E-state index contributed by atoms with van der Waals surface area (Å²) in [6, 6.07) is 35.2. The number of hydrogen-bond acceptors (Lipinski definition) is 12. The van der Waals surface area contributed by atoms with Crippen molar-refractivity contribution in [2.75, 3.05) is 13.2 Å². The number of rotatable bonds is 20. The van der Waals surface area contributed by atoms with Gasteiger partial charge in [0.05, 0.1) is 30.2 Å². The first kappa shape index (κ1) is 51.6. The SMILES string of the molecule is C=CCCCCCOc1ccc2c(=C3SC=CS3)c3cc(OCc4ccc(COc5ccc6c(=C7SC=CS7)c7cc(OCCCCCC=C)ccc7c(=C7SC=CS7)c6c5)cc4)ccc3c(=C3SC=CS3)c2c1. The Kier molecular flexibility index (Phi) is 17.5. The molecule has 4 aliphatic rings. The van der Waals surface area contributed by atoms with Crippen LogP contribution in [0.25, 0.3) is 60.0 Å². The van der Waals surface area contributed by atoms with E-state index >= 15 is 0 Å². The van der Waals surface area contributed by atoms with Crippen LogP contribution in [0.5, 0.6) is 23.0 Å². The molecule has 11 rings (SSSR count). The highest BCUT2D eigenvalue weighted by Gasteiger charge is 2.20. The van der Waals surface area contributed by atoms with Gasteiger partial charge in [0.15, 0.2) is 0 Å². The molecule has 0 fully saturated rings. The van der Waals surface area contributed by atoms with Gasteiger partial charge < -0.3 is 18.9 Å². The second-order valence-corrected chi connectivity index (χ2v) is 26.2. The summed E-state index contributed by atoms with van der Waals surface area (Å²) in [4.78, 5) is 0. The highest BCUT2D eigenvalue weighted by Crippen LogP contribution is 2.44. The first-order chi connectivity index (χ1) is 36.6. The summed E-state index contributed by atoms with van der Waals surface area (Å²) in [7, 11) is 0. The van der Waals surface area contributed by atoms with Crippen molar-refractivity contribution in [1.29, 1.82) is 0 Å². The first-order valence-corrected chi connectivity index (χ1v) is 32.0. The normalized spacial score (nSPS) is 15.0. The number of benzene rings is 7. The van der Waals surface area contributed by atoms with Gasteiger partial charge in [-0.2, -0.15) is 0 Å². The van der Waals surface area contributed by atoms with Gasteiger partial charge in [-0.3, -0.25) is 0 Å². The van der Waals surface area contributed by atoms with E-state index in [1.165, 1.54) is 80.9 Å². The molecule has 0 spiro atoms. The van der Waals surface area contributed by atoms with Crippen LogP contribution in [0.2, 0.25) is 0 Å².